The molecule has 28 heavy (non-hydrogen) atoms. The summed E-state index contributed by atoms with van der Waals surface area (Å²) < 4.78 is 11.3. The number of ether oxygens (including phenoxy) is 2. The number of nitrogens with two attached hydrogens (primary N) is 1. The molecule has 0 saturated carbocycles. The Balaban J connectivity index is 1.89. The second kappa shape index (κ2) is 7.19. The Morgan fingerprint density at radius 1 is 1.18 bits per heavy atom. The lowest BCUT2D eigenvalue weighted by Crippen LogP contribution is -2.21. The summed E-state index contributed by atoms with van der Waals surface area (Å²) in [4.78, 5) is 0. The zero-order valence-electron chi connectivity index (χ0n) is 14.8. The summed E-state index contributed by atoms with van der Waals surface area (Å²) in [5, 5.41) is 12.1. The summed E-state index contributed by atoms with van der Waals surface area (Å²) in [6.07, 6.45) is 5.24. The molecule has 0 unspecified atom stereocenters. The van der Waals surface area contributed by atoms with Crippen LogP contribution in [0.4, 0.5) is 0 Å². The number of halogens is 1. The average molecular weight is 387 g/mol. The van der Waals surface area contributed by atoms with Gasteiger partial charge in [-0.15, -0.1) is 6.42 Å². The Morgan fingerprint density at radius 2 is 2.00 bits per heavy atom. The lowest BCUT2D eigenvalue weighted by atomic mass is 9.82. The van der Waals surface area contributed by atoms with E-state index in [4.69, 9.17) is 33.2 Å². The van der Waals surface area contributed by atoms with E-state index in [1.807, 2.05) is 42.5 Å². The minimum Gasteiger partial charge on any atom is -0.479 e. The molecule has 0 bridgehead atoms. The topological polar surface area (TPSA) is 68.3 Å². The first-order chi connectivity index (χ1) is 13.6. The predicted octanol–water partition coefficient (Wildman–Crippen LogP) is 4.72. The van der Waals surface area contributed by atoms with E-state index >= 15 is 0 Å². The summed E-state index contributed by atoms with van der Waals surface area (Å²) in [7, 11) is 0. The monoisotopic (exact) mass is 386 g/mol. The second-order valence-electron chi connectivity index (χ2n) is 6.31. The van der Waals surface area contributed by atoms with E-state index in [1.54, 1.807) is 12.1 Å². The van der Waals surface area contributed by atoms with Gasteiger partial charge in [0.1, 0.15) is 29.7 Å². The lowest BCUT2D eigenvalue weighted by Gasteiger charge is -2.27. The fourth-order valence-corrected chi connectivity index (χ4v) is 3.71. The molecule has 0 spiro atoms. The van der Waals surface area contributed by atoms with Crippen molar-refractivity contribution in [3.05, 3.63) is 82.2 Å². The number of hydrogen-bond acceptors (Lipinski definition) is 4. The van der Waals surface area contributed by atoms with Crippen molar-refractivity contribution in [3.63, 3.8) is 0 Å². The molecule has 5 heteroatoms. The molecule has 0 aromatic heterocycles. The third kappa shape index (κ3) is 2.91. The third-order valence-corrected chi connectivity index (χ3v) is 5.00. The zero-order valence-corrected chi connectivity index (χ0v) is 15.5. The fourth-order valence-electron chi connectivity index (χ4n) is 3.46. The van der Waals surface area contributed by atoms with Gasteiger partial charge in [0.2, 0.25) is 5.88 Å². The average Bonchev–Trinajstić information content (AvgIpc) is 2.71. The number of terminal acetylenes is 1. The predicted molar refractivity (Wildman–Crippen MR) is 109 cm³/mol. The quantitative estimate of drug-likeness (QED) is 0.661. The van der Waals surface area contributed by atoms with Gasteiger partial charge in [0, 0.05) is 10.9 Å². The van der Waals surface area contributed by atoms with Crippen LogP contribution in [0.3, 0.4) is 0 Å². The van der Waals surface area contributed by atoms with Gasteiger partial charge in [-0.3, -0.25) is 0 Å². The van der Waals surface area contributed by atoms with Crippen LogP contribution in [0.25, 0.3) is 10.8 Å². The van der Waals surface area contributed by atoms with Crippen LogP contribution in [0.1, 0.15) is 17.0 Å². The molecule has 136 valence electrons. The minimum absolute atomic E-state index is 0.0973. The van der Waals surface area contributed by atoms with Crippen LogP contribution in [0.15, 0.2) is 66.1 Å². The van der Waals surface area contributed by atoms with E-state index in [2.05, 4.69) is 12.0 Å². The molecule has 0 saturated heterocycles. The van der Waals surface area contributed by atoms with Crippen molar-refractivity contribution in [2.75, 3.05) is 6.61 Å². The molecule has 0 aliphatic carbocycles. The number of rotatable bonds is 3. The molecule has 2 N–H and O–H groups in total. The molecule has 4 nitrogen and oxygen atoms in total. The lowest BCUT2D eigenvalue weighted by molar-refractivity contribution is 0.370. The maximum absolute atomic E-state index is 9.72. The largest absolute Gasteiger partial charge is 0.479 e. The Hall–Kier alpha value is -3.60. The molecule has 0 radical (unpaired) electrons. The van der Waals surface area contributed by atoms with Gasteiger partial charge in [0.05, 0.1) is 10.9 Å². The summed E-state index contributed by atoms with van der Waals surface area (Å²) in [5.74, 6) is 3.26. The molecular formula is C23H15ClN2O2. The molecule has 4 rings (SSSR count). The number of nitrogens with zero attached hydrogens (tertiary/aromatic N) is 1. The first kappa shape index (κ1) is 17.8. The van der Waals surface area contributed by atoms with Crippen LogP contribution in [0.5, 0.6) is 11.5 Å². The number of nitriles is 1. The van der Waals surface area contributed by atoms with Crippen LogP contribution in [0.2, 0.25) is 5.02 Å². The Morgan fingerprint density at radius 3 is 2.75 bits per heavy atom. The van der Waals surface area contributed by atoms with Crippen molar-refractivity contribution in [1.29, 1.82) is 5.26 Å². The highest BCUT2D eigenvalue weighted by Gasteiger charge is 2.32. The molecule has 3 aromatic rings. The Labute approximate surface area is 167 Å². The molecular weight excluding hydrogens is 372 g/mol. The van der Waals surface area contributed by atoms with Crippen molar-refractivity contribution in [2.24, 2.45) is 5.73 Å². The highest BCUT2D eigenvalue weighted by molar-refractivity contribution is 6.32. The molecule has 0 amide bonds. The smallest absolute Gasteiger partial charge is 0.205 e. The number of allylic oxidation sites excluding steroid dienone is 1. The van der Waals surface area contributed by atoms with Crippen LogP contribution >= 0.6 is 11.6 Å². The van der Waals surface area contributed by atoms with Crippen LogP contribution in [0, 0.1) is 23.7 Å². The van der Waals surface area contributed by atoms with Crippen molar-refractivity contribution >= 4 is 22.4 Å². The summed E-state index contributed by atoms with van der Waals surface area (Å²) >= 11 is 6.38. The maximum Gasteiger partial charge on any atom is 0.205 e. The van der Waals surface area contributed by atoms with Gasteiger partial charge >= 0.3 is 0 Å². The summed E-state index contributed by atoms with van der Waals surface area (Å²) in [5.41, 5.74) is 8.13. The third-order valence-electron chi connectivity index (χ3n) is 4.71. The molecule has 0 fully saturated rings. The van der Waals surface area contributed by atoms with Crippen LogP contribution in [-0.2, 0) is 0 Å². The first-order valence-electron chi connectivity index (χ1n) is 8.59. The van der Waals surface area contributed by atoms with Crippen molar-refractivity contribution in [3.8, 4) is 29.9 Å². The highest BCUT2D eigenvalue weighted by atomic mass is 35.5. The summed E-state index contributed by atoms with van der Waals surface area (Å²) in [6, 6.07) is 19.4. The molecule has 3 aromatic carbocycles. The van der Waals surface area contributed by atoms with Gasteiger partial charge in [-0.1, -0.05) is 60.0 Å². The van der Waals surface area contributed by atoms with Crippen molar-refractivity contribution in [2.45, 2.75) is 5.92 Å². The maximum atomic E-state index is 9.72. The van der Waals surface area contributed by atoms with Gasteiger partial charge in [0.15, 0.2) is 0 Å². The molecule has 1 atom stereocenters. The summed E-state index contributed by atoms with van der Waals surface area (Å²) in [6.45, 7) is 0.126. The number of fused-ring (bicyclic) bond motifs is 3. The Bertz CT molecular complexity index is 1200. The van der Waals surface area contributed by atoms with Crippen molar-refractivity contribution in [1.82, 2.24) is 0 Å². The van der Waals surface area contributed by atoms with E-state index in [9.17, 15) is 5.26 Å². The van der Waals surface area contributed by atoms with Crippen molar-refractivity contribution < 1.29 is 9.47 Å². The molecule has 1 aliphatic heterocycles. The SMILES string of the molecule is C#CCOc1ccc([C@H]2C(C#N)=C(N)Oc3c2ccc2ccccc32)cc1Cl. The minimum atomic E-state index is -0.391. The second-order valence-corrected chi connectivity index (χ2v) is 6.72. The molecule has 1 heterocycles. The van der Waals surface area contributed by atoms with E-state index in [0.29, 0.717) is 22.1 Å². The highest BCUT2D eigenvalue weighted by Crippen LogP contribution is 2.46. The zero-order chi connectivity index (χ0) is 19.7. The van der Waals surface area contributed by atoms with E-state index in [0.717, 1.165) is 21.9 Å². The van der Waals surface area contributed by atoms with Crippen LogP contribution < -0.4 is 15.2 Å². The van der Waals surface area contributed by atoms with E-state index in [1.165, 1.54) is 0 Å². The van der Waals surface area contributed by atoms with Gasteiger partial charge in [-0.2, -0.15) is 5.26 Å². The van der Waals surface area contributed by atoms with Gasteiger partial charge in [-0.05, 0) is 23.1 Å². The fraction of sp³-hybridized carbons (Fsp3) is 0.0870. The van der Waals surface area contributed by atoms with Gasteiger partial charge in [0.25, 0.3) is 0 Å². The first-order valence-corrected chi connectivity index (χ1v) is 8.96. The van der Waals surface area contributed by atoms with E-state index in [-0.39, 0.29) is 12.5 Å². The number of hydrogen-bond donors (Lipinski definition) is 1. The standard InChI is InChI=1S/C23H15ClN2O2/c1-2-11-27-20-10-8-15(12-19(20)24)21-17-9-7-14-5-3-4-6-16(14)22(17)28-23(26)18(21)13-25/h1,3-10,12,21H,11,26H2/t21-/m1/s1. The Kier molecular flexibility index (Phi) is 4.57. The normalized spacial score (nSPS) is 15.3. The number of benzene rings is 3. The van der Waals surface area contributed by atoms with Gasteiger partial charge < -0.3 is 15.2 Å². The molecule has 1 aliphatic rings. The van der Waals surface area contributed by atoms with E-state index < -0.39 is 5.92 Å². The van der Waals surface area contributed by atoms with Crippen LogP contribution in [-0.4, -0.2) is 6.61 Å². The van der Waals surface area contributed by atoms with Gasteiger partial charge in [-0.25, -0.2) is 0 Å².